The lowest BCUT2D eigenvalue weighted by Gasteiger charge is -2.30. The van der Waals surface area contributed by atoms with E-state index in [2.05, 4.69) is 30.6 Å². The van der Waals surface area contributed by atoms with Crippen LogP contribution in [-0.2, 0) is 9.53 Å². The minimum Gasteiger partial charge on any atom is -0.453 e. The first-order valence-electron chi connectivity index (χ1n) is 7.32. The second-order valence-electron chi connectivity index (χ2n) is 5.25. The number of carbonyl (C=O) groups excluding carboxylic acids is 1. The lowest BCUT2D eigenvalue weighted by Crippen LogP contribution is -2.26. The minimum atomic E-state index is -1.22. The van der Waals surface area contributed by atoms with E-state index in [4.69, 9.17) is 4.74 Å². The minimum absolute atomic E-state index is 0.0165. The molecular formula is C18H20N2O2. The summed E-state index contributed by atoms with van der Waals surface area (Å²) in [7, 11) is 0. The van der Waals surface area contributed by atoms with Gasteiger partial charge in [-0.25, -0.2) is 0 Å². The predicted molar refractivity (Wildman–Crippen MR) is 82.9 cm³/mol. The van der Waals surface area contributed by atoms with Gasteiger partial charge in [-0.05, 0) is 37.2 Å². The topological polar surface area (TPSA) is 73.9 Å². The average molecular weight is 296 g/mol. The van der Waals surface area contributed by atoms with Crippen LogP contribution in [0.15, 0.2) is 24.3 Å². The number of esters is 1. The van der Waals surface area contributed by atoms with Gasteiger partial charge in [-0.15, -0.1) is 6.58 Å². The summed E-state index contributed by atoms with van der Waals surface area (Å²) in [4.78, 5) is 10.7. The second-order valence-corrected chi connectivity index (χ2v) is 5.25. The third-order valence-corrected chi connectivity index (χ3v) is 3.71. The van der Waals surface area contributed by atoms with E-state index in [0.29, 0.717) is 0 Å². The summed E-state index contributed by atoms with van der Waals surface area (Å²) in [6.07, 6.45) is 7.64. The van der Waals surface area contributed by atoms with E-state index in [0.717, 1.165) is 31.3 Å². The van der Waals surface area contributed by atoms with Gasteiger partial charge in [-0.1, -0.05) is 24.0 Å². The summed E-state index contributed by atoms with van der Waals surface area (Å²) in [5, 5.41) is 19.1. The number of hydrogen-bond acceptors (Lipinski definition) is 4. The van der Waals surface area contributed by atoms with Crippen LogP contribution in [0.2, 0.25) is 0 Å². The van der Waals surface area contributed by atoms with Gasteiger partial charge >= 0.3 is 5.97 Å². The summed E-state index contributed by atoms with van der Waals surface area (Å²) in [5.41, 5.74) is -0.359. The lowest BCUT2D eigenvalue weighted by atomic mass is 9.69. The number of nitrogens with zero attached hydrogens (tertiary/aromatic N) is 2. The maximum atomic E-state index is 10.7. The molecule has 0 aromatic heterocycles. The van der Waals surface area contributed by atoms with Crippen LogP contribution in [0.1, 0.15) is 39.0 Å². The molecule has 22 heavy (non-hydrogen) atoms. The fraction of sp³-hybridized carbons (Fsp3) is 0.500. The highest BCUT2D eigenvalue weighted by Gasteiger charge is 2.38. The second kappa shape index (κ2) is 8.71. The standard InChI is InChI=1S/C18H20N2O2/c1-3-8-16-9-4-5-10-17(16)18(13-19,14-20)11-6-7-12-22-15(2)21/h3,10,16H,1,4-5,8-9,11-12H2,2H3. The monoisotopic (exact) mass is 296 g/mol. The van der Waals surface area contributed by atoms with Crippen molar-refractivity contribution < 1.29 is 9.53 Å². The first kappa shape index (κ1) is 17.5. The number of carbonyl (C=O) groups is 1. The van der Waals surface area contributed by atoms with Crippen LogP contribution in [-0.4, -0.2) is 12.6 Å². The molecule has 0 saturated heterocycles. The summed E-state index contributed by atoms with van der Waals surface area (Å²) < 4.78 is 4.72. The van der Waals surface area contributed by atoms with E-state index in [1.807, 2.05) is 12.2 Å². The molecule has 0 bridgehead atoms. The number of allylic oxidation sites excluding steroid dienone is 3. The molecule has 0 radical (unpaired) electrons. The molecule has 0 amide bonds. The Morgan fingerprint density at radius 3 is 2.82 bits per heavy atom. The quantitative estimate of drug-likeness (QED) is 0.443. The third kappa shape index (κ3) is 4.51. The normalized spacial score (nSPS) is 17.0. The molecule has 0 aromatic rings. The molecule has 4 heteroatoms. The molecule has 1 rings (SSSR count). The molecule has 0 aliphatic heterocycles. The zero-order valence-corrected chi connectivity index (χ0v) is 12.9. The van der Waals surface area contributed by atoms with E-state index in [-0.39, 0.29) is 18.9 Å². The van der Waals surface area contributed by atoms with Gasteiger partial charge < -0.3 is 4.74 Å². The fourth-order valence-electron chi connectivity index (χ4n) is 2.63. The Hall–Kier alpha value is -2.51. The van der Waals surface area contributed by atoms with Crippen molar-refractivity contribution in [3.8, 4) is 24.0 Å². The maximum Gasteiger partial charge on any atom is 0.303 e. The van der Waals surface area contributed by atoms with Crippen LogP contribution in [0, 0.1) is 45.8 Å². The molecule has 0 aromatic carbocycles. The smallest absolute Gasteiger partial charge is 0.303 e. The number of ether oxygens (including phenoxy) is 1. The van der Waals surface area contributed by atoms with Gasteiger partial charge in [0.1, 0.15) is 0 Å². The highest BCUT2D eigenvalue weighted by molar-refractivity contribution is 5.66. The lowest BCUT2D eigenvalue weighted by molar-refractivity contribution is -0.139. The molecule has 0 spiro atoms. The largest absolute Gasteiger partial charge is 0.453 e. The first-order valence-corrected chi connectivity index (χ1v) is 7.32. The van der Waals surface area contributed by atoms with Crippen LogP contribution in [0.3, 0.4) is 0 Å². The Morgan fingerprint density at radius 1 is 1.50 bits per heavy atom. The predicted octanol–water partition coefficient (Wildman–Crippen LogP) is 3.28. The van der Waals surface area contributed by atoms with Crippen molar-refractivity contribution in [2.75, 3.05) is 6.61 Å². The van der Waals surface area contributed by atoms with Crippen molar-refractivity contribution >= 4 is 5.97 Å². The number of rotatable bonds is 5. The molecule has 0 heterocycles. The van der Waals surface area contributed by atoms with Gasteiger partial charge in [0.2, 0.25) is 0 Å². The first-order chi connectivity index (χ1) is 10.6. The third-order valence-electron chi connectivity index (χ3n) is 3.71. The maximum absolute atomic E-state index is 10.7. The zero-order chi connectivity index (χ0) is 16.4. The molecule has 114 valence electrons. The molecule has 0 fully saturated rings. The van der Waals surface area contributed by atoms with Gasteiger partial charge in [0.15, 0.2) is 12.0 Å². The van der Waals surface area contributed by atoms with E-state index in [1.54, 1.807) is 0 Å². The summed E-state index contributed by atoms with van der Waals surface area (Å²) in [5.74, 6) is 5.27. The molecule has 4 nitrogen and oxygen atoms in total. The SMILES string of the molecule is C=CCC1CCCC=C1C(C#N)(C#N)CC#CCOC(C)=O. The summed E-state index contributed by atoms with van der Waals surface area (Å²) in [6.45, 7) is 5.05. The summed E-state index contributed by atoms with van der Waals surface area (Å²) >= 11 is 0. The van der Waals surface area contributed by atoms with E-state index < -0.39 is 11.4 Å². The highest BCUT2D eigenvalue weighted by atomic mass is 16.5. The van der Waals surface area contributed by atoms with Gasteiger partial charge in [0.25, 0.3) is 0 Å². The van der Waals surface area contributed by atoms with Crippen molar-refractivity contribution in [3.63, 3.8) is 0 Å². The van der Waals surface area contributed by atoms with Crippen molar-refractivity contribution in [2.24, 2.45) is 11.3 Å². The molecule has 1 atom stereocenters. The van der Waals surface area contributed by atoms with Crippen molar-refractivity contribution in [2.45, 2.75) is 39.0 Å². The number of hydrogen-bond donors (Lipinski definition) is 0. The van der Waals surface area contributed by atoms with E-state index >= 15 is 0 Å². The van der Waals surface area contributed by atoms with Crippen LogP contribution in [0.5, 0.6) is 0 Å². The van der Waals surface area contributed by atoms with E-state index in [1.165, 1.54) is 6.92 Å². The van der Waals surface area contributed by atoms with Crippen molar-refractivity contribution in [3.05, 3.63) is 24.3 Å². The Balaban J connectivity index is 2.93. The molecule has 1 unspecified atom stereocenters. The summed E-state index contributed by atoms with van der Waals surface area (Å²) in [6, 6.07) is 4.30. The van der Waals surface area contributed by atoms with Gasteiger partial charge in [0.05, 0.1) is 12.1 Å². The van der Waals surface area contributed by atoms with Crippen LogP contribution in [0.4, 0.5) is 0 Å². The Labute approximate surface area is 132 Å². The van der Waals surface area contributed by atoms with Crippen LogP contribution < -0.4 is 0 Å². The zero-order valence-electron chi connectivity index (χ0n) is 12.9. The van der Waals surface area contributed by atoms with Crippen molar-refractivity contribution in [1.29, 1.82) is 10.5 Å². The van der Waals surface area contributed by atoms with E-state index in [9.17, 15) is 15.3 Å². The molecule has 1 aliphatic rings. The van der Waals surface area contributed by atoms with Crippen molar-refractivity contribution in [1.82, 2.24) is 0 Å². The molecule has 0 saturated carbocycles. The van der Waals surface area contributed by atoms with Gasteiger partial charge in [-0.3, -0.25) is 4.79 Å². The Morgan fingerprint density at radius 2 is 2.23 bits per heavy atom. The Bertz CT molecular complexity index is 579. The highest BCUT2D eigenvalue weighted by Crippen LogP contribution is 2.41. The Kier molecular flexibility index (Phi) is 6.94. The van der Waals surface area contributed by atoms with Crippen LogP contribution >= 0.6 is 0 Å². The number of nitriles is 2. The fourth-order valence-corrected chi connectivity index (χ4v) is 2.63. The molecular weight excluding hydrogens is 276 g/mol. The van der Waals surface area contributed by atoms with Crippen LogP contribution in [0.25, 0.3) is 0 Å². The molecule has 0 N–H and O–H groups in total. The van der Waals surface area contributed by atoms with Gasteiger partial charge in [0, 0.05) is 13.3 Å². The molecule has 1 aliphatic carbocycles. The average Bonchev–Trinajstić information content (AvgIpc) is 2.52. The van der Waals surface area contributed by atoms with Gasteiger partial charge in [-0.2, -0.15) is 10.5 Å².